The molecule has 1 aliphatic rings. The lowest BCUT2D eigenvalue weighted by molar-refractivity contribution is 0.565. The molecular formula is C12H19ClFN3. The van der Waals surface area contributed by atoms with Gasteiger partial charge in [-0.05, 0) is 30.7 Å². The number of benzene rings is 1. The van der Waals surface area contributed by atoms with Gasteiger partial charge in [-0.25, -0.2) is 4.39 Å². The van der Waals surface area contributed by atoms with Crippen molar-refractivity contribution >= 4 is 18.1 Å². The van der Waals surface area contributed by atoms with Gasteiger partial charge >= 0.3 is 0 Å². The van der Waals surface area contributed by atoms with E-state index in [1.165, 1.54) is 0 Å². The average molecular weight is 260 g/mol. The molecule has 0 unspecified atom stereocenters. The highest BCUT2D eigenvalue weighted by atomic mass is 35.5. The van der Waals surface area contributed by atoms with Crippen molar-refractivity contribution < 1.29 is 4.39 Å². The van der Waals surface area contributed by atoms with Gasteiger partial charge in [-0.3, -0.25) is 0 Å². The van der Waals surface area contributed by atoms with Crippen LogP contribution in [0, 0.1) is 5.82 Å². The summed E-state index contributed by atoms with van der Waals surface area (Å²) in [5.74, 6) is -0.132. The first-order valence-electron chi connectivity index (χ1n) is 5.75. The largest absolute Gasteiger partial charge is 0.367 e. The Morgan fingerprint density at radius 2 is 2.00 bits per heavy atom. The first kappa shape index (κ1) is 14.2. The number of nitrogens with two attached hydrogens (primary N) is 1. The molecule has 0 saturated carbocycles. The first-order valence-corrected chi connectivity index (χ1v) is 5.75. The van der Waals surface area contributed by atoms with Crippen molar-refractivity contribution in [3.05, 3.63) is 29.6 Å². The van der Waals surface area contributed by atoms with Gasteiger partial charge in [-0.2, -0.15) is 0 Å². The van der Waals surface area contributed by atoms with Crippen LogP contribution in [-0.4, -0.2) is 32.7 Å². The Kier molecular flexibility index (Phi) is 5.68. The molecule has 17 heavy (non-hydrogen) atoms. The number of hydrogen-bond donors (Lipinski definition) is 2. The lowest BCUT2D eigenvalue weighted by Gasteiger charge is -2.29. The summed E-state index contributed by atoms with van der Waals surface area (Å²) in [6, 6.07) is 5.43. The fraction of sp³-hybridized carbons (Fsp3) is 0.500. The number of anilines is 1. The van der Waals surface area contributed by atoms with Crippen molar-refractivity contribution in [2.45, 2.75) is 6.42 Å². The maximum absolute atomic E-state index is 13.9. The molecular weight excluding hydrogens is 241 g/mol. The SMILES string of the molecule is Cl.NCCc1ccc(N2CCNCC2)c(F)c1. The molecule has 1 saturated heterocycles. The van der Waals surface area contributed by atoms with Crippen LogP contribution in [0.15, 0.2) is 18.2 Å². The Bertz CT molecular complexity index is 354. The van der Waals surface area contributed by atoms with E-state index in [4.69, 9.17) is 5.73 Å². The Morgan fingerprint density at radius 3 is 2.59 bits per heavy atom. The van der Waals surface area contributed by atoms with Gasteiger partial charge in [0.05, 0.1) is 5.69 Å². The maximum atomic E-state index is 13.9. The Balaban J connectivity index is 0.00000144. The molecule has 3 nitrogen and oxygen atoms in total. The highest BCUT2D eigenvalue weighted by Gasteiger charge is 2.14. The Morgan fingerprint density at radius 1 is 1.29 bits per heavy atom. The minimum absolute atomic E-state index is 0. The van der Waals surface area contributed by atoms with Gasteiger partial charge in [0.25, 0.3) is 0 Å². The topological polar surface area (TPSA) is 41.3 Å². The van der Waals surface area contributed by atoms with Crippen LogP contribution in [0.3, 0.4) is 0 Å². The Labute approximate surface area is 108 Å². The molecule has 5 heteroatoms. The standard InChI is InChI=1S/C12H18FN3.ClH/c13-11-9-10(3-4-14)1-2-12(11)16-7-5-15-6-8-16;/h1-2,9,15H,3-8,14H2;1H. The van der Waals surface area contributed by atoms with Gasteiger partial charge in [-0.15, -0.1) is 12.4 Å². The number of piperazine rings is 1. The summed E-state index contributed by atoms with van der Waals surface area (Å²) in [6.07, 6.45) is 0.735. The molecule has 0 aromatic heterocycles. The number of hydrogen-bond acceptors (Lipinski definition) is 3. The molecule has 0 bridgehead atoms. The minimum Gasteiger partial charge on any atom is -0.367 e. The van der Waals surface area contributed by atoms with E-state index in [1.807, 2.05) is 12.1 Å². The van der Waals surface area contributed by atoms with Gasteiger partial charge in [0.1, 0.15) is 5.82 Å². The van der Waals surface area contributed by atoms with Crippen LogP contribution < -0.4 is 16.0 Å². The predicted octanol–water partition coefficient (Wildman–Crippen LogP) is 1.16. The third kappa shape index (κ3) is 3.56. The van der Waals surface area contributed by atoms with E-state index in [0.29, 0.717) is 12.2 Å². The molecule has 0 spiro atoms. The van der Waals surface area contributed by atoms with Gasteiger partial charge in [-0.1, -0.05) is 6.07 Å². The molecule has 0 amide bonds. The third-order valence-corrected chi connectivity index (χ3v) is 2.90. The quantitative estimate of drug-likeness (QED) is 0.856. The molecule has 1 aliphatic heterocycles. The highest BCUT2D eigenvalue weighted by molar-refractivity contribution is 5.85. The van der Waals surface area contributed by atoms with Gasteiger partial charge in [0, 0.05) is 26.2 Å². The predicted molar refractivity (Wildman–Crippen MR) is 71.5 cm³/mol. The first-order chi connectivity index (χ1) is 7.81. The Hall–Kier alpha value is -0.840. The van der Waals surface area contributed by atoms with E-state index >= 15 is 0 Å². The van der Waals surface area contributed by atoms with E-state index in [1.54, 1.807) is 6.07 Å². The van der Waals surface area contributed by atoms with Crippen molar-refractivity contribution in [2.75, 3.05) is 37.6 Å². The number of halogens is 2. The van der Waals surface area contributed by atoms with Crippen molar-refractivity contribution in [3.63, 3.8) is 0 Å². The monoisotopic (exact) mass is 259 g/mol. The summed E-state index contributed by atoms with van der Waals surface area (Å²) in [5.41, 5.74) is 7.13. The molecule has 1 heterocycles. The molecule has 0 atom stereocenters. The second-order valence-electron chi connectivity index (χ2n) is 4.06. The van der Waals surface area contributed by atoms with Crippen molar-refractivity contribution in [1.82, 2.24) is 5.32 Å². The van der Waals surface area contributed by atoms with Crippen molar-refractivity contribution in [1.29, 1.82) is 0 Å². The second-order valence-corrected chi connectivity index (χ2v) is 4.06. The highest BCUT2D eigenvalue weighted by Crippen LogP contribution is 2.21. The number of rotatable bonds is 3. The number of nitrogens with zero attached hydrogens (tertiary/aromatic N) is 1. The molecule has 1 aromatic rings. The molecule has 1 fully saturated rings. The van der Waals surface area contributed by atoms with Crippen LogP contribution in [-0.2, 0) is 6.42 Å². The van der Waals surface area contributed by atoms with Gasteiger partial charge < -0.3 is 16.0 Å². The van der Waals surface area contributed by atoms with E-state index in [-0.39, 0.29) is 18.2 Å². The maximum Gasteiger partial charge on any atom is 0.146 e. The van der Waals surface area contributed by atoms with Gasteiger partial charge in [0.15, 0.2) is 0 Å². The minimum atomic E-state index is -0.132. The van der Waals surface area contributed by atoms with E-state index in [9.17, 15) is 4.39 Å². The van der Waals surface area contributed by atoms with Crippen LogP contribution in [0.1, 0.15) is 5.56 Å². The molecule has 2 rings (SSSR count). The summed E-state index contributed by atoms with van der Waals surface area (Å²) >= 11 is 0. The van der Waals surface area contributed by atoms with E-state index < -0.39 is 0 Å². The molecule has 0 radical (unpaired) electrons. The summed E-state index contributed by atoms with van der Waals surface area (Å²) in [4.78, 5) is 2.08. The zero-order valence-corrected chi connectivity index (χ0v) is 10.6. The van der Waals surface area contributed by atoms with Crippen molar-refractivity contribution in [2.24, 2.45) is 5.73 Å². The second kappa shape index (κ2) is 6.79. The van der Waals surface area contributed by atoms with Crippen LogP contribution in [0.5, 0.6) is 0 Å². The summed E-state index contributed by atoms with van der Waals surface area (Å²) in [6.45, 7) is 4.14. The van der Waals surface area contributed by atoms with Crippen LogP contribution in [0.25, 0.3) is 0 Å². The third-order valence-electron chi connectivity index (χ3n) is 2.90. The van der Waals surface area contributed by atoms with E-state index in [0.717, 1.165) is 38.2 Å². The smallest absolute Gasteiger partial charge is 0.146 e. The van der Waals surface area contributed by atoms with Crippen LogP contribution in [0.4, 0.5) is 10.1 Å². The molecule has 96 valence electrons. The zero-order valence-electron chi connectivity index (χ0n) is 9.79. The average Bonchev–Trinajstić information content (AvgIpc) is 2.31. The summed E-state index contributed by atoms with van der Waals surface area (Å²) in [7, 11) is 0. The fourth-order valence-corrected chi connectivity index (χ4v) is 2.03. The fourth-order valence-electron chi connectivity index (χ4n) is 2.03. The van der Waals surface area contributed by atoms with Crippen LogP contribution >= 0.6 is 12.4 Å². The van der Waals surface area contributed by atoms with Crippen LogP contribution in [0.2, 0.25) is 0 Å². The lowest BCUT2D eigenvalue weighted by atomic mass is 10.1. The normalized spacial score (nSPS) is 15.5. The van der Waals surface area contributed by atoms with Crippen molar-refractivity contribution in [3.8, 4) is 0 Å². The number of nitrogens with one attached hydrogen (secondary N) is 1. The molecule has 3 N–H and O–H groups in total. The molecule has 1 aromatic carbocycles. The van der Waals surface area contributed by atoms with Gasteiger partial charge in [0.2, 0.25) is 0 Å². The zero-order chi connectivity index (χ0) is 11.4. The van der Waals surface area contributed by atoms with E-state index in [2.05, 4.69) is 10.2 Å². The lowest BCUT2D eigenvalue weighted by Crippen LogP contribution is -2.43. The summed E-state index contributed by atoms with van der Waals surface area (Å²) < 4.78 is 13.9. The summed E-state index contributed by atoms with van der Waals surface area (Å²) in [5, 5.41) is 3.25. The molecule has 0 aliphatic carbocycles.